The van der Waals surface area contributed by atoms with Gasteiger partial charge in [0.15, 0.2) is 0 Å². The molecule has 0 fully saturated rings. The first-order valence-corrected chi connectivity index (χ1v) is 7.85. The molecule has 0 bridgehead atoms. The minimum atomic E-state index is 0.547. The zero-order valence-electron chi connectivity index (χ0n) is 11.8. The van der Waals surface area contributed by atoms with Gasteiger partial charge in [-0.3, -0.25) is 0 Å². The van der Waals surface area contributed by atoms with Crippen LogP contribution in [0.25, 0.3) is 5.57 Å². The van der Waals surface area contributed by atoms with Crippen molar-refractivity contribution in [2.45, 2.75) is 51.9 Å². The molecule has 0 aliphatic heterocycles. The van der Waals surface area contributed by atoms with Gasteiger partial charge in [-0.2, -0.15) is 0 Å². The van der Waals surface area contributed by atoms with Crippen molar-refractivity contribution in [2.24, 2.45) is 5.41 Å². The van der Waals surface area contributed by atoms with Gasteiger partial charge >= 0.3 is 0 Å². The van der Waals surface area contributed by atoms with Gasteiger partial charge in [0.25, 0.3) is 0 Å². The Morgan fingerprint density at radius 1 is 1.00 bits per heavy atom. The van der Waals surface area contributed by atoms with Gasteiger partial charge < -0.3 is 0 Å². The lowest BCUT2D eigenvalue weighted by Gasteiger charge is -2.40. The molecule has 1 aromatic rings. The predicted molar refractivity (Wildman–Crippen MR) is 81.0 cm³/mol. The molecule has 19 heavy (non-hydrogen) atoms. The summed E-state index contributed by atoms with van der Waals surface area (Å²) < 4.78 is 0. The first kappa shape index (κ1) is 11.5. The number of aryl methyl sites for hydroxylation is 1. The molecule has 3 aliphatic rings. The average Bonchev–Trinajstić information content (AvgIpc) is 2.91. The smallest absolute Gasteiger partial charge is 0.00438 e. The van der Waals surface area contributed by atoms with Crippen LogP contribution in [0.1, 0.15) is 56.6 Å². The van der Waals surface area contributed by atoms with E-state index >= 15 is 0 Å². The minimum absolute atomic E-state index is 0.547. The fourth-order valence-corrected chi connectivity index (χ4v) is 4.64. The lowest BCUT2D eigenvalue weighted by molar-refractivity contribution is 0.309. The van der Waals surface area contributed by atoms with Gasteiger partial charge in [-0.25, -0.2) is 0 Å². The SMILES string of the molecule is CCC12CCC=C1C1=C(CC2)c2ccccc2CC1. The van der Waals surface area contributed by atoms with Crippen molar-refractivity contribution in [3.63, 3.8) is 0 Å². The molecule has 1 atom stereocenters. The van der Waals surface area contributed by atoms with Gasteiger partial charge in [-0.15, -0.1) is 0 Å². The predicted octanol–water partition coefficient (Wildman–Crippen LogP) is 5.30. The summed E-state index contributed by atoms with van der Waals surface area (Å²) in [5.74, 6) is 0. The Labute approximate surface area is 116 Å². The Bertz CT molecular complexity index is 588. The highest BCUT2D eigenvalue weighted by molar-refractivity contribution is 5.78. The maximum absolute atomic E-state index is 2.56. The average molecular weight is 250 g/mol. The van der Waals surface area contributed by atoms with Crippen molar-refractivity contribution in [1.29, 1.82) is 0 Å². The highest BCUT2D eigenvalue weighted by atomic mass is 14.5. The number of benzene rings is 1. The van der Waals surface area contributed by atoms with Crippen LogP contribution in [0.4, 0.5) is 0 Å². The third-order valence-corrected chi connectivity index (χ3v) is 5.75. The van der Waals surface area contributed by atoms with Gasteiger partial charge in [0.1, 0.15) is 0 Å². The molecule has 0 saturated carbocycles. The molecule has 0 spiro atoms. The van der Waals surface area contributed by atoms with Crippen LogP contribution >= 0.6 is 0 Å². The van der Waals surface area contributed by atoms with Crippen molar-refractivity contribution >= 4 is 5.57 Å². The second kappa shape index (κ2) is 4.10. The number of hydrogen-bond acceptors (Lipinski definition) is 0. The van der Waals surface area contributed by atoms with Crippen LogP contribution in [0.15, 0.2) is 41.5 Å². The molecule has 0 saturated heterocycles. The number of hydrogen-bond donors (Lipinski definition) is 0. The number of allylic oxidation sites excluding steroid dienone is 4. The molecule has 0 amide bonds. The molecule has 1 aromatic carbocycles. The maximum Gasteiger partial charge on any atom is -0.00438 e. The molecule has 3 aliphatic carbocycles. The van der Waals surface area contributed by atoms with E-state index in [1.165, 1.54) is 44.9 Å². The first-order valence-electron chi connectivity index (χ1n) is 7.85. The van der Waals surface area contributed by atoms with Crippen LogP contribution in [-0.4, -0.2) is 0 Å². The van der Waals surface area contributed by atoms with Crippen LogP contribution in [0, 0.1) is 5.41 Å². The van der Waals surface area contributed by atoms with E-state index in [2.05, 4.69) is 37.3 Å². The molecule has 0 radical (unpaired) electrons. The van der Waals surface area contributed by atoms with Crippen LogP contribution in [-0.2, 0) is 6.42 Å². The van der Waals surface area contributed by atoms with Gasteiger partial charge in [0.2, 0.25) is 0 Å². The van der Waals surface area contributed by atoms with Crippen LogP contribution in [0.5, 0.6) is 0 Å². The summed E-state index contributed by atoms with van der Waals surface area (Å²) in [6.07, 6.45) is 11.8. The van der Waals surface area contributed by atoms with Gasteiger partial charge in [-0.05, 0) is 78.2 Å². The Hall–Kier alpha value is -1.30. The van der Waals surface area contributed by atoms with E-state index in [1.807, 2.05) is 0 Å². The maximum atomic E-state index is 2.56. The molecule has 98 valence electrons. The third-order valence-electron chi connectivity index (χ3n) is 5.75. The molecule has 0 heterocycles. The topological polar surface area (TPSA) is 0 Å². The molecule has 0 N–H and O–H groups in total. The summed E-state index contributed by atoms with van der Waals surface area (Å²) in [7, 11) is 0. The van der Waals surface area contributed by atoms with Crippen molar-refractivity contribution in [2.75, 3.05) is 0 Å². The zero-order chi connectivity index (χ0) is 12.9. The molecular formula is C19H22. The van der Waals surface area contributed by atoms with E-state index in [1.54, 1.807) is 27.8 Å². The second-order valence-corrected chi connectivity index (χ2v) is 6.40. The summed E-state index contributed by atoms with van der Waals surface area (Å²) >= 11 is 0. The Morgan fingerprint density at radius 3 is 2.79 bits per heavy atom. The fourth-order valence-electron chi connectivity index (χ4n) is 4.64. The van der Waals surface area contributed by atoms with E-state index in [0.717, 1.165) is 0 Å². The first-order chi connectivity index (χ1) is 9.34. The van der Waals surface area contributed by atoms with Crippen LogP contribution in [0.2, 0.25) is 0 Å². The van der Waals surface area contributed by atoms with Crippen molar-refractivity contribution in [1.82, 2.24) is 0 Å². The van der Waals surface area contributed by atoms with Crippen LogP contribution in [0.3, 0.4) is 0 Å². The molecule has 0 aromatic heterocycles. The van der Waals surface area contributed by atoms with Crippen LogP contribution < -0.4 is 0 Å². The van der Waals surface area contributed by atoms with Gasteiger partial charge in [-0.1, -0.05) is 37.3 Å². The monoisotopic (exact) mass is 250 g/mol. The second-order valence-electron chi connectivity index (χ2n) is 6.40. The lowest BCUT2D eigenvalue weighted by Crippen LogP contribution is -2.26. The van der Waals surface area contributed by atoms with Crippen molar-refractivity contribution in [3.8, 4) is 0 Å². The third kappa shape index (κ3) is 1.52. The Kier molecular flexibility index (Phi) is 2.48. The van der Waals surface area contributed by atoms with Crippen molar-refractivity contribution in [3.05, 3.63) is 52.6 Å². The highest BCUT2D eigenvalue weighted by Crippen LogP contribution is 2.56. The van der Waals surface area contributed by atoms with Crippen molar-refractivity contribution < 1.29 is 0 Å². The normalized spacial score (nSPS) is 28.6. The zero-order valence-corrected chi connectivity index (χ0v) is 11.8. The summed E-state index contributed by atoms with van der Waals surface area (Å²) in [5.41, 5.74) is 8.82. The molecule has 0 nitrogen and oxygen atoms in total. The summed E-state index contributed by atoms with van der Waals surface area (Å²) in [6, 6.07) is 9.07. The van der Waals surface area contributed by atoms with E-state index in [4.69, 9.17) is 0 Å². The molecule has 4 rings (SSSR count). The standard InChI is InChI=1S/C19H22/c1-2-19-12-5-8-18(19)17-10-9-14-6-3-4-7-15(14)16(17)11-13-19/h3-4,6-8H,2,5,9-13H2,1H3. The largest absolute Gasteiger partial charge is 0.0804 e. The van der Waals surface area contributed by atoms with E-state index < -0.39 is 0 Å². The van der Waals surface area contributed by atoms with Gasteiger partial charge in [0, 0.05) is 0 Å². The summed E-state index contributed by atoms with van der Waals surface area (Å²) in [5, 5.41) is 0. The summed E-state index contributed by atoms with van der Waals surface area (Å²) in [4.78, 5) is 0. The van der Waals surface area contributed by atoms with E-state index in [0.29, 0.717) is 5.41 Å². The summed E-state index contributed by atoms with van der Waals surface area (Å²) in [6.45, 7) is 2.39. The Morgan fingerprint density at radius 2 is 1.89 bits per heavy atom. The molecular weight excluding hydrogens is 228 g/mol. The highest BCUT2D eigenvalue weighted by Gasteiger charge is 2.41. The fraction of sp³-hybridized carbons (Fsp3) is 0.474. The molecule has 0 heteroatoms. The van der Waals surface area contributed by atoms with E-state index in [9.17, 15) is 0 Å². The van der Waals surface area contributed by atoms with E-state index in [-0.39, 0.29) is 0 Å². The lowest BCUT2D eigenvalue weighted by atomic mass is 9.64. The number of fused-ring (bicyclic) bond motifs is 4. The molecule has 1 unspecified atom stereocenters. The Balaban J connectivity index is 1.88. The quantitative estimate of drug-likeness (QED) is 0.634. The number of rotatable bonds is 1. The minimum Gasteiger partial charge on any atom is -0.0804 e. The van der Waals surface area contributed by atoms with Gasteiger partial charge in [0.05, 0.1) is 0 Å².